The number of benzene rings is 4. The number of fused-ring (bicyclic) bond motifs is 1. The minimum absolute atomic E-state index is 0.512. The van der Waals surface area contributed by atoms with Crippen LogP contribution in [-0.4, -0.2) is 6.21 Å². The highest BCUT2D eigenvalue weighted by Crippen LogP contribution is 2.28. The van der Waals surface area contributed by atoms with Gasteiger partial charge in [0.05, 0.1) is 5.69 Å². The molecule has 29 heavy (non-hydrogen) atoms. The van der Waals surface area contributed by atoms with Crippen LogP contribution in [0.1, 0.15) is 23.6 Å². The van der Waals surface area contributed by atoms with E-state index in [0.29, 0.717) is 6.61 Å². The van der Waals surface area contributed by atoms with Gasteiger partial charge in [-0.15, -0.1) is 0 Å². The normalized spacial score (nSPS) is 11.2. The predicted octanol–water partition coefficient (Wildman–Crippen LogP) is 7.49. The van der Waals surface area contributed by atoms with E-state index >= 15 is 0 Å². The van der Waals surface area contributed by atoms with Gasteiger partial charge < -0.3 is 4.74 Å². The van der Waals surface area contributed by atoms with Gasteiger partial charge in [0, 0.05) is 16.3 Å². The van der Waals surface area contributed by atoms with E-state index in [0.717, 1.165) is 38.8 Å². The predicted molar refractivity (Wildman–Crippen MR) is 125 cm³/mol. The van der Waals surface area contributed by atoms with Gasteiger partial charge in [0.2, 0.25) is 0 Å². The molecule has 0 aliphatic carbocycles. The van der Waals surface area contributed by atoms with E-state index in [1.165, 1.54) is 10.9 Å². The lowest BCUT2D eigenvalue weighted by atomic mass is 10.0. The van der Waals surface area contributed by atoms with Crippen molar-refractivity contribution in [3.8, 4) is 5.75 Å². The third kappa shape index (κ3) is 4.75. The van der Waals surface area contributed by atoms with Crippen molar-refractivity contribution in [1.82, 2.24) is 0 Å². The maximum Gasteiger partial charge on any atom is 0.129 e. The monoisotopic (exact) mass is 443 g/mol. The first-order valence-corrected chi connectivity index (χ1v) is 10.5. The highest BCUT2D eigenvalue weighted by Gasteiger charge is 2.08. The van der Waals surface area contributed by atoms with Crippen LogP contribution in [-0.2, 0) is 13.0 Å². The summed E-state index contributed by atoms with van der Waals surface area (Å²) in [6.07, 6.45) is 2.95. The van der Waals surface area contributed by atoms with Crippen molar-refractivity contribution in [2.45, 2.75) is 20.0 Å². The summed E-state index contributed by atoms with van der Waals surface area (Å²) in [4.78, 5) is 4.72. The van der Waals surface area contributed by atoms with Crippen molar-refractivity contribution in [2.75, 3.05) is 0 Å². The number of hydrogen-bond acceptors (Lipinski definition) is 2. The molecule has 4 aromatic rings. The van der Waals surface area contributed by atoms with Crippen LogP contribution in [0.25, 0.3) is 10.8 Å². The molecule has 144 valence electrons. The molecule has 4 rings (SSSR count). The summed E-state index contributed by atoms with van der Waals surface area (Å²) in [6.45, 7) is 2.67. The minimum Gasteiger partial charge on any atom is -0.488 e. The van der Waals surface area contributed by atoms with Crippen LogP contribution < -0.4 is 4.74 Å². The average Bonchev–Trinajstić information content (AvgIpc) is 2.78. The van der Waals surface area contributed by atoms with Crippen LogP contribution in [0.4, 0.5) is 5.69 Å². The maximum absolute atomic E-state index is 6.19. The van der Waals surface area contributed by atoms with Crippen LogP contribution in [0.3, 0.4) is 0 Å². The molecule has 0 amide bonds. The Kier molecular flexibility index (Phi) is 6.06. The zero-order valence-electron chi connectivity index (χ0n) is 16.3. The lowest BCUT2D eigenvalue weighted by Gasteiger charge is -2.12. The van der Waals surface area contributed by atoms with Crippen molar-refractivity contribution >= 4 is 38.6 Å². The minimum atomic E-state index is 0.512. The first-order chi connectivity index (χ1) is 14.2. The fraction of sp³-hybridized carbons (Fsp3) is 0.115. The van der Waals surface area contributed by atoms with Crippen molar-refractivity contribution in [3.05, 3.63) is 106 Å². The molecular formula is C26H22BrNO. The van der Waals surface area contributed by atoms with E-state index < -0.39 is 0 Å². The first kappa shape index (κ1) is 19.4. The van der Waals surface area contributed by atoms with Gasteiger partial charge in [0.25, 0.3) is 0 Å². The molecule has 0 aliphatic rings. The van der Waals surface area contributed by atoms with Gasteiger partial charge in [-0.3, -0.25) is 4.99 Å². The van der Waals surface area contributed by atoms with E-state index in [-0.39, 0.29) is 0 Å². The largest absolute Gasteiger partial charge is 0.488 e. The Bertz CT molecular complexity index is 1130. The van der Waals surface area contributed by atoms with Crippen molar-refractivity contribution in [3.63, 3.8) is 0 Å². The van der Waals surface area contributed by atoms with Gasteiger partial charge in [-0.05, 0) is 58.7 Å². The summed E-state index contributed by atoms with van der Waals surface area (Å²) in [6, 6.07) is 29.0. The molecule has 0 aromatic heterocycles. The molecule has 4 aromatic carbocycles. The van der Waals surface area contributed by atoms with E-state index in [1.807, 2.05) is 30.5 Å². The zero-order valence-corrected chi connectivity index (χ0v) is 17.9. The van der Waals surface area contributed by atoms with Crippen LogP contribution in [0, 0.1) is 0 Å². The summed E-state index contributed by atoms with van der Waals surface area (Å²) < 4.78 is 7.25. The Morgan fingerprint density at radius 3 is 2.31 bits per heavy atom. The fourth-order valence-electron chi connectivity index (χ4n) is 3.23. The van der Waals surface area contributed by atoms with Gasteiger partial charge >= 0.3 is 0 Å². The molecule has 0 heterocycles. The second-order valence-electron chi connectivity index (χ2n) is 6.89. The van der Waals surface area contributed by atoms with Crippen LogP contribution in [0.5, 0.6) is 5.75 Å². The molecule has 0 saturated carbocycles. The Hall–Kier alpha value is -2.91. The summed E-state index contributed by atoms with van der Waals surface area (Å²) in [7, 11) is 0. The summed E-state index contributed by atoms with van der Waals surface area (Å²) >= 11 is 3.47. The van der Waals surface area contributed by atoms with E-state index in [1.54, 1.807) is 0 Å². The quantitative estimate of drug-likeness (QED) is 0.282. The van der Waals surface area contributed by atoms with Crippen molar-refractivity contribution in [1.29, 1.82) is 0 Å². The second-order valence-corrected chi connectivity index (χ2v) is 7.81. The summed E-state index contributed by atoms with van der Waals surface area (Å²) in [5.41, 5.74) is 4.38. The second kappa shape index (κ2) is 9.06. The maximum atomic E-state index is 6.19. The Labute approximate surface area is 180 Å². The number of aliphatic imine (C=N–C) groups is 1. The van der Waals surface area contributed by atoms with Crippen LogP contribution in [0.2, 0.25) is 0 Å². The summed E-state index contributed by atoms with van der Waals surface area (Å²) in [5.74, 6) is 0.834. The zero-order chi connectivity index (χ0) is 20.1. The standard InChI is InChI=1S/C26H22BrNO/c1-2-19-9-14-23(15-10-19)28-17-25-24-6-4-3-5-21(24)11-16-26(25)29-18-20-7-12-22(27)13-8-20/h3-17H,2,18H2,1H3. The molecule has 0 aliphatic heterocycles. The molecule has 3 heteroatoms. The topological polar surface area (TPSA) is 21.6 Å². The molecule has 0 saturated heterocycles. The molecule has 0 N–H and O–H groups in total. The van der Waals surface area contributed by atoms with E-state index in [9.17, 15) is 0 Å². The number of aryl methyl sites for hydroxylation is 1. The number of halogens is 1. The molecule has 0 unspecified atom stereocenters. The molecule has 0 fully saturated rings. The Balaban J connectivity index is 1.66. The highest BCUT2D eigenvalue weighted by molar-refractivity contribution is 9.10. The Morgan fingerprint density at radius 2 is 1.55 bits per heavy atom. The van der Waals surface area contributed by atoms with Gasteiger partial charge in [0.15, 0.2) is 0 Å². The Morgan fingerprint density at radius 1 is 0.828 bits per heavy atom. The summed E-state index contributed by atoms with van der Waals surface area (Å²) in [5, 5.41) is 2.31. The average molecular weight is 444 g/mol. The number of ether oxygens (including phenoxy) is 1. The molecule has 0 spiro atoms. The molecular weight excluding hydrogens is 422 g/mol. The van der Waals surface area contributed by atoms with Gasteiger partial charge in [0.1, 0.15) is 12.4 Å². The number of rotatable bonds is 6. The number of hydrogen-bond donors (Lipinski definition) is 0. The molecule has 0 atom stereocenters. The lowest BCUT2D eigenvalue weighted by molar-refractivity contribution is 0.306. The fourth-order valence-corrected chi connectivity index (χ4v) is 3.50. The third-order valence-corrected chi connectivity index (χ3v) is 5.45. The van der Waals surface area contributed by atoms with Gasteiger partial charge in [-0.25, -0.2) is 0 Å². The van der Waals surface area contributed by atoms with Crippen molar-refractivity contribution in [2.24, 2.45) is 4.99 Å². The van der Waals surface area contributed by atoms with E-state index in [2.05, 4.69) is 83.5 Å². The lowest BCUT2D eigenvalue weighted by Crippen LogP contribution is -1.99. The first-order valence-electron chi connectivity index (χ1n) is 9.75. The van der Waals surface area contributed by atoms with Gasteiger partial charge in [-0.1, -0.05) is 77.5 Å². The van der Waals surface area contributed by atoms with Crippen molar-refractivity contribution < 1.29 is 4.74 Å². The smallest absolute Gasteiger partial charge is 0.129 e. The highest BCUT2D eigenvalue weighted by atomic mass is 79.9. The number of nitrogens with zero attached hydrogens (tertiary/aromatic N) is 1. The van der Waals surface area contributed by atoms with Gasteiger partial charge in [-0.2, -0.15) is 0 Å². The molecule has 0 radical (unpaired) electrons. The molecule has 2 nitrogen and oxygen atoms in total. The third-order valence-electron chi connectivity index (χ3n) is 4.93. The van der Waals surface area contributed by atoms with Crippen LogP contribution >= 0.6 is 15.9 Å². The van der Waals surface area contributed by atoms with E-state index in [4.69, 9.17) is 9.73 Å². The SMILES string of the molecule is CCc1ccc(N=Cc2c(OCc3ccc(Br)cc3)ccc3ccccc23)cc1. The molecule has 0 bridgehead atoms. The van der Waals surface area contributed by atoms with Crippen LogP contribution in [0.15, 0.2) is 94.4 Å².